The summed E-state index contributed by atoms with van der Waals surface area (Å²) in [5, 5.41) is 2.21. The average molecular weight is 635 g/mol. The van der Waals surface area contributed by atoms with Gasteiger partial charge in [-0.05, 0) is 55.0 Å². The van der Waals surface area contributed by atoms with E-state index in [1.807, 2.05) is 78.7 Å². The zero-order valence-corrected chi connectivity index (χ0v) is 29.0. The van der Waals surface area contributed by atoms with Crippen molar-refractivity contribution in [2.45, 2.75) is 59.4 Å². The molecule has 0 unspecified atom stereocenters. The molecule has 0 fully saturated rings. The summed E-state index contributed by atoms with van der Waals surface area (Å²) in [6.07, 6.45) is 6.73. The summed E-state index contributed by atoms with van der Waals surface area (Å²) in [7, 11) is 5.97. The van der Waals surface area contributed by atoms with Gasteiger partial charge in [0.2, 0.25) is 13.9 Å². The van der Waals surface area contributed by atoms with Crippen LogP contribution in [0.25, 0.3) is 34.1 Å². The Kier molecular flexibility index (Phi) is 11.3. The number of halogens is 1. The first-order valence-electron chi connectivity index (χ1n) is 15.9. The monoisotopic (exact) mass is 634 g/mol. The number of rotatable bonds is 12. The van der Waals surface area contributed by atoms with Gasteiger partial charge in [0.05, 0.1) is 27.5 Å². The molecule has 3 aromatic heterocycles. The highest BCUT2D eigenvalue weighted by Gasteiger charge is 2.26. The summed E-state index contributed by atoms with van der Waals surface area (Å²) < 4.78 is 1.60. The highest BCUT2D eigenvalue weighted by Crippen LogP contribution is 2.36. The first-order valence-corrected chi connectivity index (χ1v) is 16.3. The van der Waals surface area contributed by atoms with Crippen LogP contribution in [0.1, 0.15) is 63.8 Å². The normalized spacial score (nSPS) is 11.8. The second-order valence-electron chi connectivity index (χ2n) is 12.2. The molecule has 0 N–H and O–H groups in total. The number of carbonyl (C=O) groups excluding carboxylic acids is 1. The molecule has 12 heteroatoms. The minimum atomic E-state index is -0.461. The topological polar surface area (TPSA) is 84.2 Å². The third kappa shape index (κ3) is 7.15. The fourth-order valence-electron chi connectivity index (χ4n) is 5.73. The van der Waals surface area contributed by atoms with Crippen LogP contribution in [-0.2, 0) is 11.2 Å². The fourth-order valence-corrected chi connectivity index (χ4v) is 5.99. The lowest BCUT2D eigenvalue weighted by Crippen LogP contribution is -2.44. The van der Waals surface area contributed by atoms with Gasteiger partial charge in [-0.1, -0.05) is 76.2 Å². The van der Waals surface area contributed by atoms with Crippen molar-refractivity contribution in [3.63, 3.8) is 0 Å². The number of aromatic nitrogens is 4. The smallest absolute Gasteiger partial charge is 0.355 e. The quantitative estimate of drug-likeness (QED) is 0.174. The van der Waals surface area contributed by atoms with Gasteiger partial charge in [-0.3, -0.25) is 9.78 Å². The summed E-state index contributed by atoms with van der Waals surface area (Å²) in [6, 6.07) is 11.6. The van der Waals surface area contributed by atoms with E-state index in [0.29, 0.717) is 52.8 Å². The molecule has 3 heterocycles. The largest absolute Gasteiger partial charge is 0.402 e. The molecule has 0 bridgehead atoms. The number of carbonyl (C=O) groups is 1. The lowest BCUT2D eigenvalue weighted by Gasteiger charge is -2.32. The number of pyridine rings is 2. The van der Waals surface area contributed by atoms with E-state index in [-0.39, 0.29) is 17.9 Å². The molecule has 46 heavy (non-hydrogen) atoms. The Morgan fingerprint density at radius 1 is 1.13 bits per heavy atom. The molecule has 1 aromatic carbocycles. The minimum Gasteiger partial charge on any atom is -0.402 e. The van der Waals surface area contributed by atoms with Crippen LogP contribution >= 0.6 is 11.6 Å². The van der Waals surface area contributed by atoms with E-state index in [2.05, 4.69) is 38.4 Å². The van der Waals surface area contributed by atoms with Gasteiger partial charge in [0.1, 0.15) is 21.5 Å². The van der Waals surface area contributed by atoms with Crippen LogP contribution in [0.3, 0.4) is 0 Å². The lowest BCUT2D eigenvalue weighted by molar-refractivity contribution is -0.126. The molecule has 0 spiro atoms. The van der Waals surface area contributed by atoms with Crippen molar-refractivity contribution < 1.29 is 4.79 Å². The minimum absolute atomic E-state index is 0.0444. The molecule has 4 aromatic rings. The first kappa shape index (κ1) is 34.8. The zero-order chi connectivity index (χ0) is 33.7. The molecule has 1 amide bonds. The Labute approximate surface area is 279 Å². The van der Waals surface area contributed by atoms with E-state index in [4.69, 9.17) is 21.6 Å². The van der Waals surface area contributed by atoms with Crippen molar-refractivity contribution in [3.8, 4) is 16.9 Å². The molecule has 1 atom stereocenters. The van der Waals surface area contributed by atoms with Gasteiger partial charge in [-0.15, -0.1) is 5.37 Å². The van der Waals surface area contributed by atoms with Crippen molar-refractivity contribution in [3.05, 3.63) is 92.9 Å². The van der Waals surface area contributed by atoms with Gasteiger partial charge in [0.25, 0.3) is 0 Å². The average Bonchev–Trinajstić information content (AvgIpc) is 3.03. The van der Waals surface area contributed by atoms with E-state index < -0.39 is 5.69 Å². The number of fused-ring (bicyclic) bond motifs is 1. The van der Waals surface area contributed by atoms with Gasteiger partial charge in [-0.25, -0.2) is 14.3 Å². The Balaban J connectivity index is 2.07. The van der Waals surface area contributed by atoms with E-state index in [1.165, 1.54) is 6.08 Å². The predicted molar refractivity (Wildman–Crippen MR) is 199 cm³/mol. The molecule has 0 saturated heterocycles. The maximum atomic E-state index is 14.3. The van der Waals surface area contributed by atoms with Crippen LogP contribution in [0, 0.1) is 0 Å². The van der Waals surface area contributed by atoms with Crippen molar-refractivity contribution in [1.82, 2.24) is 24.4 Å². The third-order valence-electron chi connectivity index (χ3n) is 8.11. The maximum Gasteiger partial charge on any atom is 0.355 e. The molecular weight excluding hydrogens is 592 g/mol. The Morgan fingerprint density at radius 3 is 2.48 bits per heavy atom. The number of nitrogens with zero attached hydrogens (tertiary/aromatic N) is 6. The highest BCUT2D eigenvalue weighted by atomic mass is 35.5. The summed E-state index contributed by atoms with van der Waals surface area (Å²) in [5.74, 6) is 0.352. The zero-order valence-electron chi connectivity index (χ0n) is 28.3. The van der Waals surface area contributed by atoms with Crippen molar-refractivity contribution >= 4 is 64.1 Å². The number of aryl methyl sites for hydroxylation is 1. The van der Waals surface area contributed by atoms with E-state index in [0.717, 1.165) is 34.2 Å². The molecule has 4 rings (SSSR count). The number of anilines is 1. The number of hydrogen-bond acceptors (Lipinski definition) is 6. The van der Waals surface area contributed by atoms with Crippen molar-refractivity contribution in [2.24, 2.45) is 0 Å². The van der Waals surface area contributed by atoms with Gasteiger partial charge in [0.15, 0.2) is 5.65 Å². The molecular formula is C34H42B3ClN6O2. The van der Waals surface area contributed by atoms with E-state index >= 15 is 0 Å². The van der Waals surface area contributed by atoms with Crippen molar-refractivity contribution in [2.75, 3.05) is 17.9 Å². The van der Waals surface area contributed by atoms with Gasteiger partial charge in [0, 0.05) is 30.9 Å². The Hall–Kier alpha value is -4.11. The standard InChI is InChI=1S/C34H42B3ClN6O2/c1-7-16-42(28(45)9-3)19-21(6)44(37)33-25-18-26(38)30(24-13-11-10-12-23(24)17-27(35)36)40-32(25)43(34(46)41-33)31-22(8-2)14-15-39-29(31)20(4)5/h9-15,17-18,20-21H,3,7-8,16,19,35-37H2,1-2,4-6H3/t21-/m0/s1. The Morgan fingerprint density at radius 2 is 1.85 bits per heavy atom. The fraction of sp³-hybridized carbons (Fsp3) is 0.324. The van der Waals surface area contributed by atoms with Gasteiger partial charge in [-0.2, -0.15) is 4.98 Å². The van der Waals surface area contributed by atoms with Gasteiger partial charge >= 0.3 is 5.69 Å². The third-order valence-corrected chi connectivity index (χ3v) is 8.40. The highest BCUT2D eigenvalue weighted by molar-refractivity contribution is 6.50. The molecule has 0 radical (unpaired) electrons. The van der Waals surface area contributed by atoms with Crippen LogP contribution in [0.15, 0.2) is 65.4 Å². The molecule has 0 aliphatic heterocycles. The second-order valence-corrected chi connectivity index (χ2v) is 12.6. The van der Waals surface area contributed by atoms with Crippen LogP contribution < -0.4 is 10.5 Å². The second kappa shape index (κ2) is 15.0. The molecule has 0 saturated carbocycles. The Bertz CT molecular complexity index is 1860. The van der Waals surface area contributed by atoms with Gasteiger partial charge < -0.3 is 9.71 Å². The van der Waals surface area contributed by atoms with E-state index in [9.17, 15) is 9.59 Å². The first-order chi connectivity index (χ1) is 21.9. The summed E-state index contributed by atoms with van der Waals surface area (Å²) in [4.78, 5) is 45.1. The molecule has 0 aliphatic carbocycles. The van der Waals surface area contributed by atoms with Crippen LogP contribution in [0.4, 0.5) is 5.82 Å². The SMILES string of the molecule is BC(B)=Cc1ccccc1-c1nc2c(cc1Cl)c(N(B)[C@@H](C)CN(CCC)C(=O)C=C)nc(=O)n2-c1c(CC)ccnc1C(C)C. The van der Waals surface area contributed by atoms with Crippen LogP contribution in [0.2, 0.25) is 5.02 Å². The maximum absolute atomic E-state index is 14.3. The van der Waals surface area contributed by atoms with E-state index in [1.54, 1.807) is 15.7 Å². The predicted octanol–water partition coefficient (Wildman–Crippen LogP) is 3.91. The van der Waals surface area contributed by atoms with Crippen molar-refractivity contribution in [1.29, 1.82) is 0 Å². The lowest BCUT2D eigenvalue weighted by atomic mass is 9.77. The number of amides is 1. The molecule has 236 valence electrons. The molecule has 8 nitrogen and oxygen atoms in total. The summed E-state index contributed by atoms with van der Waals surface area (Å²) >= 11 is 7.07. The molecule has 0 aliphatic rings. The number of hydrogen-bond donors (Lipinski definition) is 0. The summed E-state index contributed by atoms with van der Waals surface area (Å²) in [5.41, 5.74) is 4.86. The van der Waals surface area contributed by atoms with Crippen LogP contribution in [-0.4, -0.2) is 73.1 Å². The number of benzene rings is 1. The van der Waals surface area contributed by atoms with Crippen LogP contribution in [0.5, 0.6) is 0 Å². The summed E-state index contributed by atoms with van der Waals surface area (Å²) in [6.45, 7) is 14.9.